The second-order valence-electron chi connectivity index (χ2n) is 9.21. The highest BCUT2D eigenvalue weighted by molar-refractivity contribution is 5.91. The van der Waals surface area contributed by atoms with Gasteiger partial charge in [-0.1, -0.05) is 103 Å². The van der Waals surface area contributed by atoms with Gasteiger partial charge in [-0.05, 0) is 28.8 Å². The topological polar surface area (TPSA) is 57.0 Å². The largest absolute Gasteiger partial charge is 0.425 e. The van der Waals surface area contributed by atoms with Crippen molar-refractivity contribution in [1.29, 1.82) is 0 Å². The first-order valence-electron chi connectivity index (χ1n) is 12.6. The fourth-order valence-electron chi connectivity index (χ4n) is 5.19. The standard InChI is InChI=1S/C33H24FN3O2/c1-23(38)39-29-21-30-32(35-22-29)31(24-12-11-19-28(34)20-24)36-37(30)33(25-13-5-2-6-14-25,26-15-7-3-8-16-26)27-17-9-4-10-18-27/h2-22H,1H3. The molecule has 0 fully saturated rings. The second-order valence-corrected chi connectivity index (χ2v) is 9.21. The van der Waals surface area contributed by atoms with Crippen molar-refractivity contribution < 1.29 is 13.9 Å². The molecule has 6 rings (SSSR count). The Morgan fingerprint density at radius 1 is 0.769 bits per heavy atom. The number of carbonyl (C=O) groups excluding carboxylic acids is 1. The number of hydrogen-bond donors (Lipinski definition) is 0. The number of esters is 1. The average molecular weight is 514 g/mol. The Hall–Kier alpha value is -5.10. The fraction of sp³-hybridized carbons (Fsp3) is 0.0606. The van der Waals surface area contributed by atoms with E-state index in [2.05, 4.69) is 41.4 Å². The minimum absolute atomic E-state index is 0.296. The summed E-state index contributed by atoms with van der Waals surface area (Å²) in [6, 6.07) is 38.4. The molecule has 0 saturated heterocycles. The molecule has 0 aliphatic carbocycles. The monoisotopic (exact) mass is 513 g/mol. The lowest BCUT2D eigenvalue weighted by atomic mass is 9.77. The molecule has 4 aromatic carbocycles. The Bertz CT molecular complexity index is 1670. The molecule has 0 spiro atoms. The van der Waals surface area contributed by atoms with E-state index in [1.54, 1.807) is 12.1 Å². The van der Waals surface area contributed by atoms with E-state index in [0.29, 0.717) is 28.0 Å². The van der Waals surface area contributed by atoms with Crippen LogP contribution in [0.4, 0.5) is 4.39 Å². The summed E-state index contributed by atoms with van der Waals surface area (Å²) in [7, 11) is 0. The summed E-state index contributed by atoms with van der Waals surface area (Å²) in [6.45, 7) is 1.35. The summed E-state index contributed by atoms with van der Waals surface area (Å²) >= 11 is 0. The molecule has 0 unspecified atom stereocenters. The molecule has 0 N–H and O–H groups in total. The molecule has 5 nitrogen and oxygen atoms in total. The van der Waals surface area contributed by atoms with Crippen molar-refractivity contribution in [3.05, 3.63) is 150 Å². The van der Waals surface area contributed by atoms with E-state index in [9.17, 15) is 9.18 Å². The first kappa shape index (κ1) is 24.2. The molecule has 0 radical (unpaired) electrons. The van der Waals surface area contributed by atoms with Crippen molar-refractivity contribution in [3.8, 4) is 17.0 Å². The summed E-state index contributed by atoms with van der Waals surface area (Å²) in [4.78, 5) is 16.5. The van der Waals surface area contributed by atoms with E-state index in [4.69, 9.17) is 9.84 Å². The van der Waals surface area contributed by atoms with Gasteiger partial charge in [-0.2, -0.15) is 5.10 Å². The Morgan fingerprint density at radius 3 is 1.85 bits per heavy atom. The molecular formula is C33H24FN3O2. The molecule has 0 aliphatic rings. The predicted molar refractivity (Wildman–Crippen MR) is 149 cm³/mol. The lowest BCUT2D eigenvalue weighted by Crippen LogP contribution is -2.38. The Morgan fingerprint density at radius 2 is 1.33 bits per heavy atom. The van der Waals surface area contributed by atoms with E-state index in [0.717, 1.165) is 16.7 Å². The number of halogens is 1. The summed E-state index contributed by atoms with van der Waals surface area (Å²) in [6.07, 6.45) is 1.49. The molecule has 2 heterocycles. The molecule has 39 heavy (non-hydrogen) atoms. The molecule has 0 bridgehead atoms. The maximum Gasteiger partial charge on any atom is 0.308 e. The number of fused-ring (bicyclic) bond motifs is 1. The molecule has 0 atom stereocenters. The van der Waals surface area contributed by atoms with E-state index >= 15 is 0 Å². The van der Waals surface area contributed by atoms with Crippen LogP contribution in [0.2, 0.25) is 0 Å². The maximum atomic E-state index is 14.4. The molecule has 190 valence electrons. The van der Waals surface area contributed by atoms with Crippen LogP contribution in [0.1, 0.15) is 23.6 Å². The van der Waals surface area contributed by atoms with Gasteiger partial charge in [-0.3, -0.25) is 4.79 Å². The SMILES string of the molecule is CC(=O)Oc1cnc2c(-c3cccc(F)c3)nn(C(c3ccccc3)(c3ccccc3)c3ccccc3)c2c1. The van der Waals surface area contributed by atoms with Gasteiger partial charge in [0.25, 0.3) is 0 Å². The third kappa shape index (κ3) is 4.26. The minimum atomic E-state index is -0.940. The molecular weight excluding hydrogens is 489 g/mol. The predicted octanol–water partition coefficient (Wildman–Crippen LogP) is 7.00. The van der Waals surface area contributed by atoms with Crippen LogP contribution in [-0.4, -0.2) is 20.7 Å². The number of rotatable bonds is 6. The minimum Gasteiger partial charge on any atom is -0.425 e. The van der Waals surface area contributed by atoms with Crippen molar-refractivity contribution in [3.63, 3.8) is 0 Å². The number of aromatic nitrogens is 3. The summed E-state index contributed by atoms with van der Waals surface area (Å²) in [5, 5.41) is 5.17. The summed E-state index contributed by atoms with van der Waals surface area (Å²) in [5.41, 5.74) is 4.26. The van der Waals surface area contributed by atoms with Crippen LogP contribution >= 0.6 is 0 Å². The lowest BCUT2D eigenvalue weighted by molar-refractivity contribution is -0.131. The Balaban J connectivity index is 1.79. The van der Waals surface area contributed by atoms with Gasteiger partial charge in [-0.25, -0.2) is 14.1 Å². The zero-order valence-corrected chi connectivity index (χ0v) is 21.2. The molecule has 0 amide bonds. The zero-order valence-electron chi connectivity index (χ0n) is 21.2. The van der Waals surface area contributed by atoms with Gasteiger partial charge in [-0.15, -0.1) is 0 Å². The van der Waals surface area contributed by atoms with E-state index in [1.165, 1.54) is 25.3 Å². The van der Waals surface area contributed by atoms with Gasteiger partial charge >= 0.3 is 5.97 Å². The van der Waals surface area contributed by atoms with Crippen LogP contribution in [0.15, 0.2) is 128 Å². The first-order valence-corrected chi connectivity index (χ1v) is 12.6. The molecule has 2 aromatic heterocycles. The third-order valence-electron chi connectivity index (χ3n) is 6.75. The van der Waals surface area contributed by atoms with E-state index in [-0.39, 0.29) is 5.82 Å². The van der Waals surface area contributed by atoms with Crippen molar-refractivity contribution in [2.24, 2.45) is 0 Å². The summed E-state index contributed by atoms with van der Waals surface area (Å²) < 4.78 is 21.7. The van der Waals surface area contributed by atoms with Gasteiger partial charge < -0.3 is 4.74 Å². The highest BCUT2D eigenvalue weighted by Gasteiger charge is 2.41. The van der Waals surface area contributed by atoms with Gasteiger partial charge in [0.1, 0.15) is 22.6 Å². The Kier molecular flexibility index (Phi) is 6.21. The molecule has 0 saturated carbocycles. The normalized spacial score (nSPS) is 11.4. The highest BCUT2D eigenvalue weighted by Crippen LogP contribution is 2.44. The number of carbonyl (C=O) groups is 1. The zero-order chi connectivity index (χ0) is 26.8. The average Bonchev–Trinajstić information content (AvgIpc) is 3.34. The lowest BCUT2D eigenvalue weighted by Gasteiger charge is -2.37. The van der Waals surface area contributed by atoms with Crippen LogP contribution < -0.4 is 4.74 Å². The molecule has 0 aliphatic heterocycles. The molecule has 6 aromatic rings. The number of nitrogens with zero attached hydrogens (tertiary/aromatic N) is 3. The van der Waals surface area contributed by atoms with Gasteiger partial charge in [0.15, 0.2) is 5.75 Å². The van der Waals surface area contributed by atoms with Crippen molar-refractivity contribution >= 4 is 17.0 Å². The van der Waals surface area contributed by atoms with E-state index in [1.807, 2.05) is 65.3 Å². The van der Waals surface area contributed by atoms with Crippen LogP contribution in [0, 0.1) is 5.82 Å². The van der Waals surface area contributed by atoms with Crippen molar-refractivity contribution in [2.75, 3.05) is 0 Å². The number of hydrogen-bond acceptors (Lipinski definition) is 4. The van der Waals surface area contributed by atoms with Gasteiger partial charge in [0.2, 0.25) is 0 Å². The van der Waals surface area contributed by atoms with Gasteiger partial charge in [0.05, 0.1) is 11.7 Å². The number of benzene rings is 4. The van der Waals surface area contributed by atoms with Crippen molar-refractivity contribution in [1.82, 2.24) is 14.8 Å². The summed E-state index contributed by atoms with van der Waals surface area (Å²) in [5.74, 6) is -0.523. The van der Waals surface area contributed by atoms with Crippen LogP contribution in [0.5, 0.6) is 5.75 Å². The second kappa shape index (κ2) is 9.99. The first-order chi connectivity index (χ1) is 19.1. The molecule has 6 heteroatoms. The van der Waals surface area contributed by atoms with Crippen LogP contribution in [-0.2, 0) is 10.3 Å². The Labute approximate surface area is 225 Å². The third-order valence-corrected chi connectivity index (χ3v) is 6.75. The smallest absolute Gasteiger partial charge is 0.308 e. The number of ether oxygens (including phenoxy) is 1. The van der Waals surface area contributed by atoms with Crippen LogP contribution in [0.25, 0.3) is 22.3 Å². The number of pyridine rings is 1. The van der Waals surface area contributed by atoms with Gasteiger partial charge in [0, 0.05) is 18.6 Å². The highest BCUT2D eigenvalue weighted by atomic mass is 19.1. The maximum absolute atomic E-state index is 14.4. The van der Waals surface area contributed by atoms with Crippen LogP contribution in [0.3, 0.4) is 0 Å². The van der Waals surface area contributed by atoms with E-state index < -0.39 is 11.5 Å². The van der Waals surface area contributed by atoms with Crippen molar-refractivity contribution in [2.45, 2.75) is 12.5 Å². The fourth-order valence-corrected chi connectivity index (χ4v) is 5.19. The quantitative estimate of drug-likeness (QED) is 0.178.